The predicted octanol–water partition coefficient (Wildman–Crippen LogP) is 9.42. The molecule has 1 aliphatic rings. The van der Waals surface area contributed by atoms with Gasteiger partial charge < -0.3 is 9.47 Å². The lowest BCUT2D eigenvalue weighted by atomic mass is 10.0. The Hall–Kier alpha value is -0.560. The Morgan fingerprint density at radius 2 is 0.833 bits per heavy atom. The maximum atomic E-state index is 6.20. The molecule has 0 atom stereocenters. The van der Waals surface area contributed by atoms with Crippen molar-refractivity contribution in [3.05, 3.63) is 35.4 Å². The second kappa shape index (κ2) is 10.4. The van der Waals surface area contributed by atoms with Crippen LogP contribution in [0.5, 0.6) is 11.5 Å². The Labute approximate surface area is 197 Å². The first-order valence-corrected chi connectivity index (χ1v) is 14.8. The van der Waals surface area contributed by atoms with Crippen molar-refractivity contribution in [3.63, 3.8) is 0 Å². The van der Waals surface area contributed by atoms with Crippen molar-refractivity contribution in [1.82, 2.24) is 0 Å². The minimum Gasteiger partial charge on any atom is -0.490 e. The van der Waals surface area contributed by atoms with Gasteiger partial charge in [-0.1, -0.05) is 61.4 Å². The zero-order valence-electron chi connectivity index (χ0n) is 19.1. The average molecular weight is 481 g/mol. The molecule has 0 fully saturated rings. The summed E-state index contributed by atoms with van der Waals surface area (Å²) in [6.07, 6.45) is 0.300. The lowest BCUT2D eigenvalue weighted by Gasteiger charge is -2.26. The summed E-state index contributed by atoms with van der Waals surface area (Å²) in [7, 11) is 7.35. The van der Waals surface area contributed by atoms with E-state index in [9.17, 15) is 0 Å². The summed E-state index contributed by atoms with van der Waals surface area (Å²) in [5.41, 5.74) is 2.75. The van der Waals surface area contributed by atoms with Crippen molar-refractivity contribution >= 4 is 43.2 Å². The molecule has 0 saturated heterocycles. The number of hydrogen-bond acceptors (Lipinski definition) is 6. The number of fused-ring (bicyclic) bond motifs is 2. The third-order valence-corrected chi connectivity index (χ3v) is 9.88. The van der Waals surface area contributed by atoms with Gasteiger partial charge in [-0.25, -0.2) is 0 Å². The van der Waals surface area contributed by atoms with E-state index in [1.54, 1.807) is 0 Å². The molecular formula is C24H32O2S4. The molecular weight excluding hydrogens is 449 g/mol. The molecule has 2 aromatic carbocycles. The standard InChI is InChI=1S/C24H32O2S4/c1-13(2)17-9-11-19(25-15(5)6)23-21(17)27-30-24-20(26-16(7)8)12-10-18(14(3)4)22(24)28-29-23/h9-16H,1-8H3. The van der Waals surface area contributed by atoms with E-state index in [2.05, 4.69) is 79.7 Å². The van der Waals surface area contributed by atoms with E-state index in [-0.39, 0.29) is 12.2 Å². The van der Waals surface area contributed by atoms with E-state index < -0.39 is 0 Å². The van der Waals surface area contributed by atoms with Crippen molar-refractivity contribution in [2.75, 3.05) is 0 Å². The highest BCUT2D eigenvalue weighted by Crippen LogP contribution is 2.60. The first-order chi connectivity index (χ1) is 14.2. The van der Waals surface area contributed by atoms with Gasteiger partial charge in [0.05, 0.1) is 22.0 Å². The van der Waals surface area contributed by atoms with Gasteiger partial charge in [0.15, 0.2) is 0 Å². The molecule has 2 nitrogen and oxygen atoms in total. The molecule has 1 aliphatic heterocycles. The monoisotopic (exact) mass is 480 g/mol. The molecule has 1 heterocycles. The summed E-state index contributed by atoms with van der Waals surface area (Å²) in [5.74, 6) is 2.88. The van der Waals surface area contributed by atoms with Gasteiger partial charge in [-0.2, -0.15) is 0 Å². The van der Waals surface area contributed by atoms with Crippen molar-refractivity contribution in [2.45, 2.75) is 99.0 Å². The van der Waals surface area contributed by atoms with Crippen molar-refractivity contribution < 1.29 is 9.47 Å². The van der Waals surface area contributed by atoms with Crippen LogP contribution in [0.25, 0.3) is 0 Å². The summed E-state index contributed by atoms with van der Waals surface area (Å²) in [5, 5.41) is 0. The van der Waals surface area contributed by atoms with Crippen molar-refractivity contribution in [2.24, 2.45) is 0 Å². The molecule has 3 rings (SSSR count). The Bertz CT molecular complexity index is 818. The fourth-order valence-electron chi connectivity index (χ4n) is 3.22. The molecule has 0 radical (unpaired) electrons. The highest BCUT2D eigenvalue weighted by molar-refractivity contribution is 8.79. The summed E-state index contributed by atoms with van der Waals surface area (Å²) in [4.78, 5) is 5.13. The predicted molar refractivity (Wildman–Crippen MR) is 136 cm³/mol. The van der Waals surface area contributed by atoms with Gasteiger partial charge in [0.2, 0.25) is 0 Å². The van der Waals surface area contributed by atoms with Crippen LogP contribution in [0.1, 0.15) is 78.4 Å². The van der Waals surface area contributed by atoms with Crippen LogP contribution in [0, 0.1) is 0 Å². The molecule has 2 aromatic rings. The number of rotatable bonds is 6. The van der Waals surface area contributed by atoms with Gasteiger partial charge in [0.1, 0.15) is 11.5 Å². The summed E-state index contributed by atoms with van der Waals surface area (Å²) in [6.45, 7) is 17.4. The van der Waals surface area contributed by atoms with Gasteiger partial charge >= 0.3 is 0 Å². The molecule has 0 bridgehead atoms. The van der Waals surface area contributed by atoms with Crippen LogP contribution in [0.15, 0.2) is 43.8 Å². The molecule has 164 valence electrons. The second-order valence-electron chi connectivity index (χ2n) is 8.60. The van der Waals surface area contributed by atoms with Gasteiger partial charge in [-0.05, 0) is 84.4 Å². The molecule has 0 amide bonds. The minimum absolute atomic E-state index is 0.150. The van der Waals surface area contributed by atoms with Crippen molar-refractivity contribution in [1.29, 1.82) is 0 Å². The Kier molecular flexibility index (Phi) is 8.33. The zero-order chi connectivity index (χ0) is 22.0. The summed E-state index contributed by atoms with van der Waals surface area (Å²) >= 11 is 0. The first-order valence-electron chi connectivity index (χ1n) is 10.5. The summed E-state index contributed by atoms with van der Waals surface area (Å²) < 4.78 is 12.4. The van der Waals surface area contributed by atoms with E-state index in [4.69, 9.17) is 9.47 Å². The number of hydrogen-bond donors (Lipinski definition) is 0. The maximum absolute atomic E-state index is 6.20. The highest BCUT2D eigenvalue weighted by atomic mass is 33.1. The van der Waals surface area contributed by atoms with Gasteiger partial charge in [0.25, 0.3) is 0 Å². The van der Waals surface area contributed by atoms with Crippen LogP contribution < -0.4 is 9.47 Å². The minimum atomic E-state index is 0.150. The summed E-state index contributed by atoms with van der Waals surface area (Å²) in [6, 6.07) is 8.77. The molecule has 30 heavy (non-hydrogen) atoms. The topological polar surface area (TPSA) is 18.5 Å². The molecule has 0 saturated carbocycles. The van der Waals surface area contributed by atoms with E-state index in [1.807, 2.05) is 43.2 Å². The van der Waals surface area contributed by atoms with Crippen LogP contribution in [-0.4, -0.2) is 12.2 Å². The average Bonchev–Trinajstić information content (AvgIpc) is 2.62. The van der Waals surface area contributed by atoms with Crippen LogP contribution >= 0.6 is 43.2 Å². The van der Waals surface area contributed by atoms with Gasteiger partial charge in [0, 0.05) is 9.79 Å². The molecule has 6 heteroatoms. The fourth-order valence-corrected chi connectivity index (χ4v) is 9.69. The SMILES string of the molecule is CC(C)Oc1ccc(C(C)C)c2c1SSc1c(C(C)C)ccc(OC(C)C)c1SS2. The lowest BCUT2D eigenvalue weighted by molar-refractivity contribution is 0.235. The number of benzene rings is 2. The molecule has 0 aliphatic carbocycles. The van der Waals surface area contributed by atoms with Crippen LogP contribution in [0.2, 0.25) is 0 Å². The third kappa shape index (κ3) is 5.43. The van der Waals surface area contributed by atoms with Crippen molar-refractivity contribution in [3.8, 4) is 11.5 Å². The number of ether oxygens (including phenoxy) is 2. The first kappa shape index (κ1) is 24.1. The normalized spacial score (nSPS) is 14.0. The molecule has 0 N–H and O–H groups in total. The van der Waals surface area contributed by atoms with Gasteiger partial charge in [-0.15, -0.1) is 0 Å². The quantitative estimate of drug-likeness (QED) is 0.380. The smallest absolute Gasteiger partial charge is 0.135 e. The lowest BCUT2D eigenvalue weighted by Crippen LogP contribution is -2.08. The van der Waals surface area contributed by atoms with E-state index in [1.165, 1.54) is 30.7 Å². The highest BCUT2D eigenvalue weighted by Gasteiger charge is 2.26. The second-order valence-corrected chi connectivity index (χ2v) is 12.9. The van der Waals surface area contributed by atoms with Gasteiger partial charge in [-0.3, -0.25) is 0 Å². The molecule has 0 spiro atoms. The maximum Gasteiger partial charge on any atom is 0.135 e. The zero-order valence-corrected chi connectivity index (χ0v) is 22.3. The largest absolute Gasteiger partial charge is 0.490 e. The van der Waals surface area contributed by atoms with Crippen LogP contribution in [-0.2, 0) is 0 Å². The van der Waals surface area contributed by atoms with Crippen LogP contribution in [0.4, 0.5) is 0 Å². The van der Waals surface area contributed by atoms with E-state index in [0.29, 0.717) is 11.8 Å². The fraction of sp³-hybridized carbons (Fsp3) is 0.500. The Morgan fingerprint density at radius 3 is 1.13 bits per heavy atom. The Morgan fingerprint density at radius 1 is 0.500 bits per heavy atom. The Balaban J connectivity index is 2.12. The van der Waals surface area contributed by atoms with Crippen LogP contribution in [0.3, 0.4) is 0 Å². The van der Waals surface area contributed by atoms with E-state index in [0.717, 1.165) is 11.5 Å². The molecule has 0 unspecified atom stereocenters. The van der Waals surface area contributed by atoms with E-state index >= 15 is 0 Å². The molecule has 0 aromatic heterocycles. The third-order valence-electron chi connectivity index (χ3n) is 4.60.